The van der Waals surface area contributed by atoms with E-state index in [1.807, 2.05) is 0 Å². The summed E-state index contributed by atoms with van der Waals surface area (Å²) in [4.78, 5) is 0. The molecule has 4 aromatic rings. The van der Waals surface area contributed by atoms with Gasteiger partial charge < -0.3 is 24.8 Å². The van der Waals surface area contributed by atoms with E-state index in [4.69, 9.17) is 0 Å². The van der Waals surface area contributed by atoms with Crippen LogP contribution < -0.4 is 46.0 Å². The van der Waals surface area contributed by atoms with E-state index in [1.165, 1.54) is 21.2 Å². The monoisotopic (exact) mass is 539 g/mol. The predicted molar refractivity (Wildman–Crippen MR) is 132 cm³/mol. The smallest absolute Gasteiger partial charge is 1.00 e. The van der Waals surface area contributed by atoms with Gasteiger partial charge in [0.25, 0.3) is 0 Å². The summed E-state index contributed by atoms with van der Waals surface area (Å²) in [5, 5.41) is 5.76. The van der Waals surface area contributed by atoms with Crippen molar-refractivity contribution in [1.82, 2.24) is 0 Å². The quantitative estimate of drug-likeness (QED) is 0.173. The molecule has 4 rings (SSSR count). The van der Waals surface area contributed by atoms with Crippen molar-refractivity contribution in [3.63, 3.8) is 0 Å². The van der Waals surface area contributed by atoms with Gasteiger partial charge in [-0.15, -0.1) is 6.16 Å². The Morgan fingerprint density at radius 2 is 0.781 bits per heavy atom. The minimum atomic E-state index is -0.492. The first-order valence-corrected chi connectivity index (χ1v) is 12.8. The van der Waals surface area contributed by atoms with E-state index in [2.05, 4.69) is 128 Å². The van der Waals surface area contributed by atoms with Crippen molar-refractivity contribution in [3.05, 3.63) is 127 Å². The van der Waals surface area contributed by atoms with Gasteiger partial charge in [0, 0.05) is 0 Å². The van der Waals surface area contributed by atoms with Gasteiger partial charge in [-0.05, 0) is 10.6 Å². The standard InChI is InChI=1S/C27H25P2.2ClH.Ni/c1-23(29(26-18-10-4-11-19-26)27-20-12-5-13-21-27)22-28(24-14-6-2-7-15-24)25-16-8-3-9-17-25;;;/h2-21H,22H2,1H3;2*1H;/q-1;;;+3/p-2. The Bertz CT molecular complexity index is 924. The molecule has 0 aromatic heterocycles. The van der Waals surface area contributed by atoms with Crippen molar-refractivity contribution in [3.8, 4) is 0 Å². The summed E-state index contributed by atoms with van der Waals surface area (Å²) in [6.07, 6.45) is 1.11. The summed E-state index contributed by atoms with van der Waals surface area (Å²) in [7, 11) is -0.917. The van der Waals surface area contributed by atoms with E-state index < -0.39 is 15.8 Å². The first kappa shape index (κ1) is 28.8. The Morgan fingerprint density at radius 3 is 1.09 bits per heavy atom. The zero-order valence-corrected chi connectivity index (χ0v) is 22.0. The molecule has 0 saturated heterocycles. The molecule has 0 unspecified atom stereocenters. The van der Waals surface area contributed by atoms with Crippen LogP contribution in [0.5, 0.6) is 0 Å². The first-order chi connectivity index (χ1) is 14.3. The number of hydrogen-bond donors (Lipinski definition) is 0. The number of halogens is 2. The fourth-order valence-corrected chi connectivity index (χ4v) is 8.89. The van der Waals surface area contributed by atoms with E-state index >= 15 is 0 Å². The molecule has 0 heterocycles. The predicted octanol–water partition coefficient (Wildman–Crippen LogP) is -0.190. The molecule has 0 amide bonds. The molecule has 0 nitrogen and oxygen atoms in total. The summed E-state index contributed by atoms with van der Waals surface area (Å²) < 4.78 is 0. The molecule has 0 spiro atoms. The van der Waals surface area contributed by atoms with Crippen LogP contribution in [0.25, 0.3) is 0 Å². The van der Waals surface area contributed by atoms with Crippen LogP contribution >= 0.6 is 15.8 Å². The molecular formula is C27H25Cl2NiP2. The molecule has 0 aliphatic heterocycles. The van der Waals surface area contributed by atoms with E-state index in [1.54, 1.807) is 5.66 Å². The van der Waals surface area contributed by atoms with Crippen LogP contribution in [0.1, 0.15) is 6.92 Å². The number of benzene rings is 4. The molecule has 0 atom stereocenters. The fourth-order valence-electron chi connectivity index (χ4n) is 3.59. The van der Waals surface area contributed by atoms with Gasteiger partial charge in [-0.25, -0.2) is 7.92 Å². The van der Waals surface area contributed by atoms with Crippen LogP contribution in [0, 0.1) is 5.66 Å². The molecule has 4 aromatic carbocycles. The van der Waals surface area contributed by atoms with E-state index in [0.717, 1.165) is 6.16 Å². The topological polar surface area (TPSA) is 0 Å². The van der Waals surface area contributed by atoms with Gasteiger partial charge in [0.05, 0.1) is 0 Å². The maximum absolute atomic E-state index is 2.37. The summed E-state index contributed by atoms with van der Waals surface area (Å²) in [5.41, 5.74) is 1.58. The third-order valence-corrected chi connectivity index (χ3v) is 10.4. The van der Waals surface area contributed by atoms with Gasteiger partial charge in [0.15, 0.2) is 0 Å². The molecule has 0 aliphatic carbocycles. The molecule has 0 fully saturated rings. The summed E-state index contributed by atoms with van der Waals surface area (Å²) in [5.74, 6) is 0. The summed E-state index contributed by atoms with van der Waals surface area (Å²) in [6, 6.07) is 44.1. The molecule has 167 valence electrons. The van der Waals surface area contributed by atoms with Crippen molar-refractivity contribution < 1.29 is 41.3 Å². The Balaban J connectivity index is 0.00000171. The van der Waals surface area contributed by atoms with Crippen molar-refractivity contribution >= 4 is 37.1 Å². The maximum atomic E-state index is 2.37. The molecule has 0 N–H and O–H groups in total. The van der Waals surface area contributed by atoms with Crippen molar-refractivity contribution in [2.24, 2.45) is 0 Å². The maximum Gasteiger partial charge on any atom is 3.00 e. The molecule has 5 heteroatoms. The summed E-state index contributed by atoms with van der Waals surface area (Å²) >= 11 is 0. The normalized spacial score (nSPS) is 10.2. The van der Waals surface area contributed by atoms with Gasteiger partial charge in [-0.3, -0.25) is 5.66 Å². The SMILES string of the molecule is C[C-](CP(c1ccccc1)c1ccccc1)P(c1ccccc1)c1ccccc1.[Cl-].[Cl-].[Ni+3]. The Hall–Kier alpha value is -1.19. The van der Waals surface area contributed by atoms with Gasteiger partial charge in [0.2, 0.25) is 0 Å². The Kier molecular flexibility index (Phi) is 13.4. The molecule has 1 radical (unpaired) electrons. The fraction of sp³-hybridized carbons (Fsp3) is 0.0741. The average molecular weight is 541 g/mol. The van der Waals surface area contributed by atoms with Crippen LogP contribution in [-0.4, -0.2) is 6.16 Å². The molecule has 0 saturated carbocycles. The molecule has 0 aliphatic rings. The molecule has 32 heavy (non-hydrogen) atoms. The molecular weight excluding hydrogens is 516 g/mol. The zero-order valence-electron chi connectivity index (χ0n) is 17.7. The van der Waals surface area contributed by atoms with Crippen molar-refractivity contribution in [1.29, 1.82) is 0 Å². The van der Waals surface area contributed by atoms with Gasteiger partial charge in [0.1, 0.15) is 0 Å². The second-order valence-corrected chi connectivity index (χ2v) is 11.7. The van der Waals surface area contributed by atoms with Crippen LogP contribution in [0.4, 0.5) is 0 Å². The second-order valence-electron chi connectivity index (χ2n) is 7.00. The number of hydrogen-bond acceptors (Lipinski definition) is 0. The largest absolute Gasteiger partial charge is 3.00 e. The van der Waals surface area contributed by atoms with Crippen molar-refractivity contribution in [2.45, 2.75) is 6.92 Å². The Morgan fingerprint density at radius 1 is 0.500 bits per heavy atom. The summed E-state index contributed by atoms with van der Waals surface area (Å²) in [6.45, 7) is 2.37. The third kappa shape index (κ3) is 7.42. The average Bonchev–Trinajstić information content (AvgIpc) is 2.80. The third-order valence-electron chi connectivity index (χ3n) is 4.93. The Labute approximate surface area is 217 Å². The van der Waals surface area contributed by atoms with E-state index in [-0.39, 0.29) is 41.3 Å². The van der Waals surface area contributed by atoms with E-state index in [9.17, 15) is 0 Å². The zero-order chi connectivity index (χ0) is 19.9. The van der Waals surface area contributed by atoms with Gasteiger partial charge >= 0.3 is 16.5 Å². The first-order valence-electron chi connectivity index (χ1n) is 9.93. The van der Waals surface area contributed by atoms with Gasteiger partial charge in [-0.2, -0.15) is 6.92 Å². The van der Waals surface area contributed by atoms with Gasteiger partial charge in [-0.1, -0.05) is 140 Å². The van der Waals surface area contributed by atoms with Crippen LogP contribution in [0.3, 0.4) is 0 Å². The number of rotatable bonds is 7. The van der Waals surface area contributed by atoms with Crippen molar-refractivity contribution in [2.75, 3.05) is 6.16 Å². The van der Waals surface area contributed by atoms with E-state index in [0.29, 0.717) is 0 Å². The minimum Gasteiger partial charge on any atom is -1.00 e. The van der Waals surface area contributed by atoms with Crippen LogP contribution in [0.2, 0.25) is 0 Å². The van der Waals surface area contributed by atoms with Crippen LogP contribution in [-0.2, 0) is 16.5 Å². The second kappa shape index (κ2) is 14.9. The molecule has 0 bridgehead atoms. The minimum absolute atomic E-state index is 0. The van der Waals surface area contributed by atoms with Crippen LogP contribution in [0.15, 0.2) is 121 Å².